The minimum absolute atomic E-state index is 0.0390. The van der Waals surface area contributed by atoms with E-state index in [9.17, 15) is 9.59 Å². The lowest BCUT2D eigenvalue weighted by atomic mass is 9.93. The van der Waals surface area contributed by atoms with Crippen LogP contribution in [0.25, 0.3) is 0 Å². The SMILES string of the molecule is O=C(CC1C(=O)NCCN1Cc1cccc(Oc2ccccc2)c1)NC1CCC1. The number of nitrogens with zero attached hydrogens (tertiary/aromatic N) is 1. The number of hydrogen-bond donors (Lipinski definition) is 2. The maximum absolute atomic E-state index is 12.5. The fraction of sp³-hybridized carbons (Fsp3) is 0.391. The van der Waals surface area contributed by atoms with Gasteiger partial charge in [-0.15, -0.1) is 0 Å². The van der Waals surface area contributed by atoms with Crippen LogP contribution in [-0.2, 0) is 16.1 Å². The average molecular weight is 393 g/mol. The molecular formula is C23H27N3O3. The summed E-state index contributed by atoms with van der Waals surface area (Å²) in [6.45, 7) is 1.91. The van der Waals surface area contributed by atoms with Gasteiger partial charge in [0.05, 0.1) is 12.5 Å². The number of para-hydroxylation sites is 1. The second-order valence-electron chi connectivity index (χ2n) is 7.74. The minimum atomic E-state index is -0.442. The van der Waals surface area contributed by atoms with E-state index in [1.54, 1.807) is 0 Å². The monoisotopic (exact) mass is 393 g/mol. The van der Waals surface area contributed by atoms with Crippen molar-refractivity contribution in [1.29, 1.82) is 0 Å². The molecule has 1 aliphatic heterocycles. The number of benzene rings is 2. The van der Waals surface area contributed by atoms with Crippen LogP contribution in [0.1, 0.15) is 31.2 Å². The number of amides is 2. The van der Waals surface area contributed by atoms with Gasteiger partial charge in [-0.25, -0.2) is 0 Å². The van der Waals surface area contributed by atoms with Crippen molar-refractivity contribution in [1.82, 2.24) is 15.5 Å². The van der Waals surface area contributed by atoms with Gasteiger partial charge in [-0.05, 0) is 49.1 Å². The number of hydrogen-bond acceptors (Lipinski definition) is 4. The Morgan fingerprint density at radius 2 is 1.90 bits per heavy atom. The summed E-state index contributed by atoms with van der Waals surface area (Å²) < 4.78 is 5.92. The Balaban J connectivity index is 1.41. The molecule has 1 aliphatic carbocycles. The van der Waals surface area contributed by atoms with E-state index < -0.39 is 6.04 Å². The lowest BCUT2D eigenvalue weighted by molar-refractivity contribution is -0.134. The van der Waals surface area contributed by atoms with Crippen molar-refractivity contribution in [2.24, 2.45) is 0 Å². The van der Waals surface area contributed by atoms with E-state index in [2.05, 4.69) is 15.5 Å². The highest BCUT2D eigenvalue weighted by Gasteiger charge is 2.32. The van der Waals surface area contributed by atoms with Gasteiger partial charge in [-0.1, -0.05) is 30.3 Å². The molecule has 29 heavy (non-hydrogen) atoms. The van der Waals surface area contributed by atoms with Crippen LogP contribution in [0.15, 0.2) is 54.6 Å². The second kappa shape index (κ2) is 9.09. The van der Waals surface area contributed by atoms with Gasteiger partial charge in [0.2, 0.25) is 11.8 Å². The third-order valence-electron chi connectivity index (χ3n) is 5.55. The Bertz CT molecular complexity index is 851. The molecule has 2 amide bonds. The van der Waals surface area contributed by atoms with Gasteiger partial charge in [0, 0.05) is 25.7 Å². The molecule has 1 heterocycles. The second-order valence-corrected chi connectivity index (χ2v) is 7.74. The predicted molar refractivity (Wildman–Crippen MR) is 111 cm³/mol. The molecule has 0 radical (unpaired) electrons. The lowest BCUT2D eigenvalue weighted by Crippen LogP contribution is -2.56. The number of rotatable bonds is 7. The maximum atomic E-state index is 12.5. The van der Waals surface area contributed by atoms with Gasteiger partial charge < -0.3 is 15.4 Å². The van der Waals surface area contributed by atoms with Gasteiger partial charge >= 0.3 is 0 Å². The smallest absolute Gasteiger partial charge is 0.237 e. The summed E-state index contributed by atoms with van der Waals surface area (Å²) in [7, 11) is 0. The zero-order valence-electron chi connectivity index (χ0n) is 16.5. The molecule has 2 fully saturated rings. The van der Waals surface area contributed by atoms with Gasteiger partial charge in [0.1, 0.15) is 11.5 Å². The zero-order chi connectivity index (χ0) is 20.1. The van der Waals surface area contributed by atoms with Crippen LogP contribution >= 0.6 is 0 Å². The topological polar surface area (TPSA) is 70.7 Å². The van der Waals surface area contributed by atoms with E-state index >= 15 is 0 Å². The summed E-state index contributed by atoms with van der Waals surface area (Å²) in [6.07, 6.45) is 3.45. The van der Waals surface area contributed by atoms with Crippen molar-refractivity contribution in [2.45, 2.75) is 44.3 Å². The van der Waals surface area contributed by atoms with Crippen molar-refractivity contribution >= 4 is 11.8 Å². The Labute approximate surface area is 171 Å². The first-order valence-electron chi connectivity index (χ1n) is 10.3. The van der Waals surface area contributed by atoms with E-state index in [4.69, 9.17) is 4.74 Å². The molecular weight excluding hydrogens is 366 g/mol. The summed E-state index contributed by atoms with van der Waals surface area (Å²) in [5.41, 5.74) is 1.05. The highest BCUT2D eigenvalue weighted by molar-refractivity contribution is 5.89. The summed E-state index contributed by atoms with van der Waals surface area (Å²) in [4.78, 5) is 26.9. The van der Waals surface area contributed by atoms with Crippen LogP contribution in [0, 0.1) is 0 Å². The minimum Gasteiger partial charge on any atom is -0.457 e. The maximum Gasteiger partial charge on any atom is 0.237 e. The fourth-order valence-corrected chi connectivity index (χ4v) is 3.75. The Hall–Kier alpha value is -2.86. The summed E-state index contributed by atoms with van der Waals surface area (Å²) >= 11 is 0. The first-order chi connectivity index (χ1) is 14.2. The quantitative estimate of drug-likeness (QED) is 0.759. The third kappa shape index (κ3) is 5.15. The van der Waals surface area contributed by atoms with E-state index in [1.807, 2.05) is 54.6 Å². The van der Waals surface area contributed by atoms with Crippen molar-refractivity contribution in [3.05, 3.63) is 60.2 Å². The molecule has 0 aromatic heterocycles. The van der Waals surface area contributed by atoms with Gasteiger partial charge in [-0.3, -0.25) is 14.5 Å². The molecule has 6 heteroatoms. The largest absolute Gasteiger partial charge is 0.457 e. The molecule has 0 bridgehead atoms. The lowest BCUT2D eigenvalue weighted by Gasteiger charge is -2.35. The van der Waals surface area contributed by atoms with Crippen molar-refractivity contribution < 1.29 is 14.3 Å². The zero-order valence-corrected chi connectivity index (χ0v) is 16.5. The highest BCUT2D eigenvalue weighted by Crippen LogP contribution is 2.24. The average Bonchev–Trinajstić information content (AvgIpc) is 2.69. The van der Waals surface area contributed by atoms with Gasteiger partial charge in [0.15, 0.2) is 0 Å². The van der Waals surface area contributed by atoms with Crippen LogP contribution in [-0.4, -0.2) is 41.9 Å². The Morgan fingerprint density at radius 3 is 2.66 bits per heavy atom. The summed E-state index contributed by atoms with van der Waals surface area (Å²) in [5.74, 6) is 1.43. The molecule has 2 aromatic rings. The normalized spacial score (nSPS) is 19.9. The van der Waals surface area contributed by atoms with Crippen LogP contribution in [0.3, 0.4) is 0 Å². The molecule has 6 nitrogen and oxygen atoms in total. The molecule has 4 rings (SSSR count). The molecule has 2 N–H and O–H groups in total. The number of ether oxygens (including phenoxy) is 1. The Morgan fingerprint density at radius 1 is 1.10 bits per heavy atom. The predicted octanol–water partition coefficient (Wildman–Crippen LogP) is 2.84. The van der Waals surface area contributed by atoms with Crippen molar-refractivity contribution in [3.8, 4) is 11.5 Å². The third-order valence-corrected chi connectivity index (χ3v) is 5.55. The number of carbonyl (C=O) groups is 2. The van der Waals surface area contributed by atoms with Crippen LogP contribution in [0.2, 0.25) is 0 Å². The molecule has 1 saturated heterocycles. The van der Waals surface area contributed by atoms with E-state index in [1.165, 1.54) is 6.42 Å². The van der Waals surface area contributed by atoms with Crippen LogP contribution in [0.5, 0.6) is 11.5 Å². The van der Waals surface area contributed by atoms with E-state index in [-0.39, 0.29) is 24.3 Å². The molecule has 1 saturated carbocycles. The number of carbonyl (C=O) groups excluding carboxylic acids is 2. The van der Waals surface area contributed by atoms with Gasteiger partial charge in [0.25, 0.3) is 0 Å². The van der Waals surface area contributed by atoms with Crippen molar-refractivity contribution in [3.63, 3.8) is 0 Å². The molecule has 2 aromatic carbocycles. The van der Waals surface area contributed by atoms with E-state index in [0.29, 0.717) is 13.1 Å². The van der Waals surface area contributed by atoms with Gasteiger partial charge in [-0.2, -0.15) is 0 Å². The summed E-state index contributed by atoms with van der Waals surface area (Å²) in [6, 6.07) is 17.4. The highest BCUT2D eigenvalue weighted by atomic mass is 16.5. The number of piperazine rings is 1. The summed E-state index contributed by atoms with van der Waals surface area (Å²) in [5, 5.41) is 5.93. The molecule has 0 spiro atoms. The standard InChI is InChI=1S/C23H27N3O3/c27-22(25-18-7-5-8-18)15-21-23(28)24-12-13-26(21)16-17-6-4-11-20(14-17)29-19-9-2-1-3-10-19/h1-4,6,9-11,14,18,21H,5,7-8,12-13,15-16H2,(H,24,28)(H,25,27). The number of nitrogens with one attached hydrogen (secondary N) is 2. The molecule has 1 atom stereocenters. The van der Waals surface area contributed by atoms with E-state index in [0.717, 1.165) is 36.4 Å². The molecule has 2 aliphatic rings. The van der Waals surface area contributed by atoms with Crippen LogP contribution in [0.4, 0.5) is 0 Å². The fourth-order valence-electron chi connectivity index (χ4n) is 3.75. The first kappa shape index (κ1) is 19.5. The Kier molecular flexibility index (Phi) is 6.10. The van der Waals surface area contributed by atoms with Crippen molar-refractivity contribution in [2.75, 3.05) is 13.1 Å². The first-order valence-corrected chi connectivity index (χ1v) is 10.3. The van der Waals surface area contributed by atoms with Crippen LogP contribution < -0.4 is 15.4 Å². The molecule has 152 valence electrons. The molecule has 1 unspecified atom stereocenters.